The highest BCUT2D eigenvalue weighted by atomic mass is 79.9. The summed E-state index contributed by atoms with van der Waals surface area (Å²) in [6.07, 6.45) is 0.803. The lowest BCUT2D eigenvalue weighted by Gasteiger charge is -2.36. The molecule has 2 rings (SSSR count). The van der Waals surface area contributed by atoms with Crippen LogP contribution in [0.15, 0.2) is 22.7 Å². The molecule has 0 bridgehead atoms. The third-order valence-electron chi connectivity index (χ3n) is 3.65. The Balaban J connectivity index is 2.18. The first-order valence-electron chi connectivity index (χ1n) is 6.39. The quantitative estimate of drug-likeness (QED) is 0.898. The molecule has 4 nitrogen and oxygen atoms in total. The zero-order valence-corrected chi connectivity index (χ0v) is 12.6. The Labute approximate surface area is 124 Å². The number of nitrogens with zero attached hydrogens (tertiary/aromatic N) is 1. The van der Waals surface area contributed by atoms with Crippen molar-refractivity contribution >= 4 is 27.8 Å². The van der Waals surface area contributed by atoms with Crippen molar-refractivity contribution in [1.82, 2.24) is 4.90 Å². The van der Waals surface area contributed by atoms with Crippen molar-refractivity contribution in [2.45, 2.75) is 25.8 Å². The van der Waals surface area contributed by atoms with Crippen molar-refractivity contribution in [3.63, 3.8) is 0 Å². The molecule has 2 unspecified atom stereocenters. The van der Waals surface area contributed by atoms with Gasteiger partial charge in [-0.05, 0) is 38.0 Å². The van der Waals surface area contributed by atoms with Gasteiger partial charge in [0, 0.05) is 17.1 Å². The number of likely N-dealkylation sites (tertiary alicyclic amines) is 1. The molecule has 1 aromatic carbocycles. The summed E-state index contributed by atoms with van der Waals surface area (Å²) in [7, 11) is 0. The number of hydrogen-bond acceptors (Lipinski definition) is 2. The molecule has 1 fully saturated rings. The first-order chi connectivity index (χ1) is 9.40. The lowest BCUT2D eigenvalue weighted by atomic mass is 9.91. The molecule has 1 aliphatic rings. The molecule has 0 radical (unpaired) electrons. The van der Waals surface area contributed by atoms with Crippen LogP contribution in [0, 0.1) is 11.7 Å². The summed E-state index contributed by atoms with van der Waals surface area (Å²) in [4.78, 5) is 24.9. The molecule has 1 amide bonds. The second-order valence-electron chi connectivity index (χ2n) is 5.03. The number of amides is 1. The molecule has 1 aliphatic heterocycles. The maximum absolute atomic E-state index is 13.7. The Morgan fingerprint density at radius 3 is 2.75 bits per heavy atom. The largest absolute Gasteiger partial charge is 0.481 e. The lowest BCUT2D eigenvalue weighted by molar-refractivity contribution is -0.143. The summed E-state index contributed by atoms with van der Waals surface area (Å²) >= 11 is 3.22. The van der Waals surface area contributed by atoms with Crippen LogP contribution in [0.4, 0.5) is 4.39 Å². The van der Waals surface area contributed by atoms with E-state index in [0.717, 1.165) is 0 Å². The van der Waals surface area contributed by atoms with Crippen molar-refractivity contribution in [1.29, 1.82) is 0 Å². The van der Waals surface area contributed by atoms with E-state index >= 15 is 0 Å². The average molecular weight is 344 g/mol. The summed E-state index contributed by atoms with van der Waals surface area (Å²) in [5.74, 6) is -2.22. The van der Waals surface area contributed by atoms with Crippen molar-refractivity contribution in [2.24, 2.45) is 5.92 Å². The van der Waals surface area contributed by atoms with Gasteiger partial charge in [0.05, 0.1) is 11.5 Å². The van der Waals surface area contributed by atoms with E-state index in [-0.39, 0.29) is 17.5 Å². The normalized spacial score (nSPS) is 22.6. The van der Waals surface area contributed by atoms with Crippen molar-refractivity contribution in [3.8, 4) is 0 Å². The van der Waals surface area contributed by atoms with Gasteiger partial charge in [0.15, 0.2) is 0 Å². The van der Waals surface area contributed by atoms with Gasteiger partial charge >= 0.3 is 5.97 Å². The van der Waals surface area contributed by atoms with Crippen LogP contribution in [-0.4, -0.2) is 34.5 Å². The zero-order valence-electron chi connectivity index (χ0n) is 11.0. The van der Waals surface area contributed by atoms with Crippen LogP contribution in [0.25, 0.3) is 0 Å². The zero-order chi connectivity index (χ0) is 14.9. The Kier molecular flexibility index (Phi) is 4.42. The predicted octanol–water partition coefficient (Wildman–Crippen LogP) is 2.91. The SMILES string of the molecule is CC1CC(C(=O)O)CCN1C(=O)c1cc(Br)ccc1F. The molecular weight excluding hydrogens is 329 g/mol. The minimum atomic E-state index is -0.836. The van der Waals surface area contributed by atoms with Gasteiger partial charge in [-0.15, -0.1) is 0 Å². The van der Waals surface area contributed by atoms with E-state index < -0.39 is 17.7 Å². The number of carboxylic acids is 1. The minimum Gasteiger partial charge on any atom is -0.481 e. The van der Waals surface area contributed by atoms with E-state index in [1.165, 1.54) is 18.2 Å². The van der Waals surface area contributed by atoms with E-state index in [2.05, 4.69) is 15.9 Å². The van der Waals surface area contributed by atoms with Gasteiger partial charge in [-0.25, -0.2) is 4.39 Å². The fourth-order valence-electron chi connectivity index (χ4n) is 2.51. The van der Waals surface area contributed by atoms with Crippen LogP contribution in [0.1, 0.15) is 30.1 Å². The average Bonchev–Trinajstić information content (AvgIpc) is 2.40. The first-order valence-corrected chi connectivity index (χ1v) is 7.18. The van der Waals surface area contributed by atoms with Gasteiger partial charge in [-0.1, -0.05) is 15.9 Å². The predicted molar refractivity (Wildman–Crippen MR) is 75.0 cm³/mol. The Hall–Kier alpha value is -1.43. The van der Waals surface area contributed by atoms with E-state index in [0.29, 0.717) is 23.9 Å². The number of hydrogen-bond donors (Lipinski definition) is 1. The molecule has 0 saturated carbocycles. The fourth-order valence-corrected chi connectivity index (χ4v) is 2.88. The monoisotopic (exact) mass is 343 g/mol. The molecule has 6 heteroatoms. The maximum Gasteiger partial charge on any atom is 0.306 e. The van der Waals surface area contributed by atoms with Gasteiger partial charge in [-0.2, -0.15) is 0 Å². The summed E-state index contributed by atoms with van der Waals surface area (Å²) in [6.45, 7) is 2.13. The fraction of sp³-hybridized carbons (Fsp3) is 0.429. The van der Waals surface area contributed by atoms with Crippen molar-refractivity contribution in [3.05, 3.63) is 34.1 Å². The third kappa shape index (κ3) is 3.00. The summed E-state index contributed by atoms with van der Waals surface area (Å²) < 4.78 is 14.4. The van der Waals surface area contributed by atoms with Crippen LogP contribution < -0.4 is 0 Å². The molecule has 1 aromatic rings. The molecule has 1 saturated heterocycles. The number of carboxylic acid groups (broad SMARTS) is 1. The number of carbonyl (C=O) groups excluding carboxylic acids is 1. The van der Waals surface area contributed by atoms with Crippen LogP contribution in [0.5, 0.6) is 0 Å². The standard InChI is InChI=1S/C14H15BrFNO3/c1-8-6-9(14(19)20)4-5-17(8)13(18)11-7-10(15)2-3-12(11)16/h2-3,7-9H,4-6H2,1H3,(H,19,20). The highest BCUT2D eigenvalue weighted by molar-refractivity contribution is 9.10. The van der Waals surface area contributed by atoms with Crippen molar-refractivity contribution < 1.29 is 19.1 Å². The summed E-state index contributed by atoms with van der Waals surface area (Å²) in [5.41, 5.74) is 0.0139. The lowest BCUT2D eigenvalue weighted by Crippen LogP contribution is -2.46. The summed E-state index contributed by atoms with van der Waals surface area (Å²) in [6, 6.07) is 4.02. The molecule has 2 atom stereocenters. The summed E-state index contributed by atoms with van der Waals surface area (Å²) in [5, 5.41) is 9.01. The van der Waals surface area contributed by atoms with Gasteiger partial charge < -0.3 is 10.0 Å². The number of rotatable bonds is 2. The van der Waals surface area contributed by atoms with Crippen LogP contribution in [-0.2, 0) is 4.79 Å². The molecule has 0 aliphatic carbocycles. The van der Waals surface area contributed by atoms with Crippen LogP contribution in [0.3, 0.4) is 0 Å². The maximum atomic E-state index is 13.7. The van der Waals surface area contributed by atoms with Gasteiger partial charge in [0.25, 0.3) is 5.91 Å². The number of benzene rings is 1. The number of aliphatic carboxylic acids is 1. The highest BCUT2D eigenvalue weighted by Gasteiger charge is 2.33. The molecule has 1 heterocycles. The Bertz CT molecular complexity index is 549. The van der Waals surface area contributed by atoms with E-state index in [4.69, 9.17) is 5.11 Å². The van der Waals surface area contributed by atoms with E-state index in [1.54, 1.807) is 11.8 Å². The van der Waals surface area contributed by atoms with Crippen molar-refractivity contribution in [2.75, 3.05) is 6.54 Å². The molecule has 0 aromatic heterocycles. The molecule has 1 N–H and O–H groups in total. The third-order valence-corrected chi connectivity index (χ3v) is 4.14. The molecule has 20 heavy (non-hydrogen) atoms. The number of halogens is 2. The topological polar surface area (TPSA) is 57.6 Å². The molecular formula is C14H15BrFNO3. The van der Waals surface area contributed by atoms with Crippen LogP contribution >= 0.6 is 15.9 Å². The molecule has 108 valence electrons. The number of carbonyl (C=O) groups is 2. The second kappa shape index (κ2) is 5.91. The second-order valence-corrected chi connectivity index (χ2v) is 5.95. The smallest absolute Gasteiger partial charge is 0.306 e. The van der Waals surface area contributed by atoms with Gasteiger partial charge in [0.2, 0.25) is 0 Å². The Morgan fingerprint density at radius 2 is 2.15 bits per heavy atom. The van der Waals surface area contributed by atoms with Gasteiger partial charge in [-0.3, -0.25) is 9.59 Å². The van der Waals surface area contributed by atoms with Crippen LogP contribution in [0.2, 0.25) is 0 Å². The molecule has 0 spiro atoms. The highest BCUT2D eigenvalue weighted by Crippen LogP contribution is 2.26. The van der Waals surface area contributed by atoms with Gasteiger partial charge in [0.1, 0.15) is 5.82 Å². The van der Waals surface area contributed by atoms with E-state index in [1.807, 2.05) is 0 Å². The Morgan fingerprint density at radius 1 is 1.45 bits per heavy atom. The number of piperidine rings is 1. The van der Waals surface area contributed by atoms with E-state index in [9.17, 15) is 14.0 Å². The first kappa shape index (κ1) is 15.0. The minimum absolute atomic E-state index is 0.0139.